The molecule has 2 heteroatoms. The first kappa shape index (κ1) is 9.23. The average molecular weight is 165 g/mol. The van der Waals surface area contributed by atoms with Gasteiger partial charge in [-0.2, -0.15) is 0 Å². The molecule has 12 heavy (non-hydrogen) atoms. The number of rotatable bonds is 3. The summed E-state index contributed by atoms with van der Waals surface area (Å²) in [4.78, 5) is 0. The molecule has 0 amide bonds. The van der Waals surface area contributed by atoms with Gasteiger partial charge in [0.2, 0.25) is 0 Å². The summed E-state index contributed by atoms with van der Waals surface area (Å²) in [5.74, 6) is 0. The molecule has 1 aromatic carbocycles. The van der Waals surface area contributed by atoms with Crippen LogP contribution in [-0.4, -0.2) is 11.7 Å². The second-order valence-corrected chi connectivity index (χ2v) is 3.00. The van der Waals surface area contributed by atoms with Gasteiger partial charge < -0.3 is 10.8 Å². The number of benzene rings is 1. The molecule has 3 N–H and O–H groups in total. The van der Waals surface area contributed by atoms with Crippen LogP contribution in [0.25, 0.3) is 0 Å². The monoisotopic (exact) mass is 165 g/mol. The Labute approximate surface area is 73.0 Å². The van der Waals surface area contributed by atoms with Gasteiger partial charge >= 0.3 is 0 Å². The lowest BCUT2D eigenvalue weighted by atomic mass is 10.1. The maximum atomic E-state index is 8.67. The summed E-state index contributed by atoms with van der Waals surface area (Å²) in [6, 6.07) is 8.13. The Morgan fingerprint density at radius 3 is 2.33 bits per heavy atom. The third kappa shape index (κ3) is 2.32. The smallest absolute Gasteiger partial charge is 0.0471 e. The summed E-state index contributed by atoms with van der Waals surface area (Å²) in [6.45, 7) is 2.17. The summed E-state index contributed by atoms with van der Waals surface area (Å²) in [7, 11) is 0. The van der Waals surface area contributed by atoms with Crippen molar-refractivity contribution >= 4 is 0 Å². The van der Waals surface area contributed by atoms with Crippen LogP contribution in [-0.2, 0) is 6.42 Å². The lowest BCUT2D eigenvalue weighted by molar-refractivity contribution is 0.299. The Kier molecular flexibility index (Phi) is 3.26. The molecule has 0 radical (unpaired) electrons. The van der Waals surface area contributed by atoms with Gasteiger partial charge in [0.15, 0.2) is 0 Å². The molecule has 0 aromatic heterocycles. The van der Waals surface area contributed by atoms with E-state index in [1.807, 2.05) is 31.2 Å². The number of nitrogens with two attached hydrogens (primary N) is 1. The molecular weight excluding hydrogens is 150 g/mol. The third-order valence-electron chi connectivity index (χ3n) is 1.91. The Morgan fingerprint density at radius 2 is 1.92 bits per heavy atom. The van der Waals surface area contributed by atoms with E-state index in [1.54, 1.807) is 0 Å². The summed E-state index contributed by atoms with van der Waals surface area (Å²) >= 11 is 0. The number of hydrogen-bond donors (Lipinski definition) is 2. The zero-order valence-corrected chi connectivity index (χ0v) is 7.33. The van der Waals surface area contributed by atoms with Gasteiger partial charge in [0.05, 0.1) is 0 Å². The van der Waals surface area contributed by atoms with Crippen LogP contribution in [0.5, 0.6) is 0 Å². The second-order valence-electron chi connectivity index (χ2n) is 3.00. The lowest BCUT2D eigenvalue weighted by Gasteiger charge is -2.05. The van der Waals surface area contributed by atoms with E-state index in [0.29, 0.717) is 0 Å². The highest BCUT2D eigenvalue weighted by Crippen LogP contribution is 2.10. The fourth-order valence-corrected chi connectivity index (χ4v) is 1.12. The molecule has 66 valence electrons. The molecule has 0 saturated carbocycles. The molecule has 0 saturated heterocycles. The normalized spacial score (nSPS) is 12.9. The van der Waals surface area contributed by atoms with Crippen molar-refractivity contribution in [1.29, 1.82) is 0 Å². The molecule has 0 aliphatic carbocycles. The summed E-state index contributed by atoms with van der Waals surface area (Å²) < 4.78 is 0. The molecule has 1 atom stereocenters. The van der Waals surface area contributed by atoms with Gasteiger partial charge in [0, 0.05) is 12.6 Å². The van der Waals surface area contributed by atoms with Gasteiger partial charge in [0.1, 0.15) is 0 Å². The zero-order chi connectivity index (χ0) is 8.97. The maximum Gasteiger partial charge on any atom is 0.0471 e. The van der Waals surface area contributed by atoms with E-state index in [1.165, 1.54) is 0 Å². The quantitative estimate of drug-likeness (QED) is 0.708. The highest BCUT2D eigenvalue weighted by Gasteiger charge is 1.97. The molecular formula is C10H15NO. The fraction of sp³-hybridized carbons (Fsp3) is 0.400. The molecule has 0 aliphatic rings. The molecule has 1 aromatic rings. The largest absolute Gasteiger partial charge is 0.396 e. The molecule has 0 spiro atoms. The number of aliphatic hydroxyl groups is 1. The Balaban J connectivity index is 2.71. The van der Waals surface area contributed by atoms with E-state index in [-0.39, 0.29) is 12.6 Å². The topological polar surface area (TPSA) is 46.2 Å². The van der Waals surface area contributed by atoms with Crippen LogP contribution >= 0.6 is 0 Å². The Bertz CT molecular complexity index is 228. The second kappa shape index (κ2) is 4.24. The molecule has 0 fully saturated rings. The van der Waals surface area contributed by atoms with Crippen LogP contribution in [0.2, 0.25) is 0 Å². The van der Waals surface area contributed by atoms with Gasteiger partial charge in [-0.25, -0.2) is 0 Å². The SMILES string of the molecule is CC(N)c1ccc(CCO)cc1. The highest BCUT2D eigenvalue weighted by atomic mass is 16.2. The van der Waals surface area contributed by atoms with Gasteiger partial charge in [-0.1, -0.05) is 24.3 Å². The summed E-state index contributed by atoms with van der Waals surface area (Å²) in [6.07, 6.45) is 0.721. The lowest BCUT2D eigenvalue weighted by Crippen LogP contribution is -2.04. The summed E-state index contributed by atoms with van der Waals surface area (Å²) in [5.41, 5.74) is 7.98. The first-order chi connectivity index (χ1) is 5.74. The van der Waals surface area contributed by atoms with Crippen molar-refractivity contribution in [2.45, 2.75) is 19.4 Å². The average Bonchev–Trinajstić information content (AvgIpc) is 2.06. The van der Waals surface area contributed by atoms with Crippen molar-refractivity contribution < 1.29 is 5.11 Å². The zero-order valence-electron chi connectivity index (χ0n) is 7.33. The molecule has 1 unspecified atom stereocenters. The number of hydrogen-bond acceptors (Lipinski definition) is 2. The van der Waals surface area contributed by atoms with E-state index in [9.17, 15) is 0 Å². The van der Waals surface area contributed by atoms with Gasteiger partial charge in [-0.05, 0) is 24.5 Å². The number of aliphatic hydroxyl groups excluding tert-OH is 1. The van der Waals surface area contributed by atoms with Gasteiger partial charge in [-0.15, -0.1) is 0 Å². The van der Waals surface area contributed by atoms with E-state index < -0.39 is 0 Å². The van der Waals surface area contributed by atoms with Crippen LogP contribution in [0, 0.1) is 0 Å². The predicted octanol–water partition coefficient (Wildman–Crippen LogP) is 1.24. The summed E-state index contributed by atoms with van der Waals surface area (Å²) in [5, 5.41) is 8.67. The molecule has 0 bridgehead atoms. The molecule has 1 rings (SSSR count). The first-order valence-corrected chi connectivity index (χ1v) is 4.19. The van der Waals surface area contributed by atoms with Crippen LogP contribution in [0.15, 0.2) is 24.3 Å². The van der Waals surface area contributed by atoms with Gasteiger partial charge in [-0.3, -0.25) is 0 Å². The van der Waals surface area contributed by atoms with E-state index in [2.05, 4.69) is 0 Å². The molecule has 2 nitrogen and oxygen atoms in total. The minimum absolute atomic E-state index is 0.0909. The van der Waals surface area contributed by atoms with Crippen LogP contribution in [0.4, 0.5) is 0 Å². The molecule has 0 aliphatic heterocycles. The van der Waals surface area contributed by atoms with Crippen LogP contribution < -0.4 is 5.73 Å². The van der Waals surface area contributed by atoms with E-state index >= 15 is 0 Å². The standard InChI is InChI=1S/C10H15NO/c1-8(11)10-4-2-9(3-5-10)6-7-12/h2-5,8,12H,6-7,11H2,1H3. The van der Waals surface area contributed by atoms with Crippen molar-refractivity contribution in [2.75, 3.05) is 6.61 Å². The highest BCUT2D eigenvalue weighted by molar-refractivity contribution is 5.24. The Hall–Kier alpha value is -0.860. The minimum Gasteiger partial charge on any atom is -0.396 e. The fourth-order valence-electron chi connectivity index (χ4n) is 1.12. The van der Waals surface area contributed by atoms with Crippen molar-refractivity contribution in [3.63, 3.8) is 0 Å². The van der Waals surface area contributed by atoms with Crippen LogP contribution in [0.3, 0.4) is 0 Å². The molecule has 0 heterocycles. The van der Waals surface area contributed by atoms with E-state index in [0.717, 1.165) is 17.5 Å². The Morgan fingerprint density at radius 1 is 1.33 bits per heavy atom. The predicted molar refractivity (Wildman–Crippen MR) is 49.8 cm³/mol. The van der Waals surface area contributed by atoms with E-state index in [4.69, 9.17) is 10.8 Å². The van der Waals surface area contributed by atoms with Crippen molar-refractivity contribution in [1.82, 2.24) is 0 Å². The third-order valence-corrected chi connectivity index (χ3v) is 1.91. The van der Waals surface area contributed by atoms with Crippen molar-refractivity contribution in [3.05, 3.63) is 35.4 Å². The maximum absolute atomic E-state index is 8.67. The minimum atomic E-state index is 0.0909. The first-order valence-electron chi connectivity index (χ1n) is 4.19. The van der Waals surface area contributed by atoms with Crippen molar-refractivity contribution in [2.24, 2.45) is 5.73 Å². The van der Waals surface area contributed by atoms with Crippen molar-refractivity contribution in [3.8, 4) is 0 Å². The van der Waals surface area contributed by atoms with Crippen LogP contribution in [0.1, 0.15) is 24.1 Å². The van der Waals surface area contributed by atoms with Gasteiger partial charge in [0.25, 0.3) is 0 Å².